The van der Waals surface area contributed by atoms with Gasteiger partial charge < -0.3 is 18.6 Å². The Morgan fingerprint density at radius 2 is 1.83 bits per heavy atom. The minimum atomic E-state index is -1.95. The zero-order chi connectivity index (χ0) is 22.7. The zero-order valence-electron chi connectivity index (χ0n) is 20.4. The first-order valence-electron chi connectivity index (χ1n) is 11.3. The molecule has 0 saturated carbocycles. The molecule has 2 aliphatic rings. The number of ether oxygens (including phenoxy) is 3. The molecule has 1 unspecified atom stereocenters. The standard InChI is InChI=1S/C23H43NO5Si/c1-17(16-27-20-12-10-11-13-26-20)19-14-18(29-30(8,9)23(5,6)7)15-24(19)21(25)28-22(2,3)4/h18-20H,1,10-16H2,2-9H3/t18-,19+,20?/m1/s1. The van der Waals surface area contributed by atoms with E-state index in [0.29, 0.717) is 13.2 Å². The Morgan fingerprint density at radius 3 is 2.37 bits per heavy atom. The summed E-state index contributed by atoms with van der Waals surface area (Å²) in [4.78, 5) is 14.7. The SMILES string of the molecule is C=C(COC1CCCCO1)[C@@H]1C[C@@H](O[Si](C)(C)C(C)(C)C)CN1C(=O)OC(C)(C)C. The van der Waals surface area contributed by atoms with Crippen molar-refractivity contribution in [3.63, 3.8) is 0 Å². The molecule has 1 amide bonds. The number of carbonyl (C=O) groups is 1. The fraction of sp³-hybridized carbons (Fsp3) is 0.870. The molecular weight excluding hydrogens is 398 g/mol. The molecule has 7 heteroatoms. The van der Waals surface area contributed by atoms with Crippen molar-refractivity contribution in [3.05, 3.63) is 12.2 Å². The number of rotatable bonds is 6. The fourth-order valence-electron chi connectivity index (χ4n) is 3.52. The summed E-state index contributed by atoms with van der Waals surface area (Å²) in [6.07, 6.45) is 3.32. The van der Waals surface area contributed by atoms with E-state index >= 15 is 0 Å². The van der Waals surface area contributed by atoms with Gasteiger partial charge in [-0.05, 0) is 70.2 Å². The second kappa shape index (κ2) is 9.71. The first-order chi connectivity index (χ1) is 13.7. The Hall–Kier alpha value is -0.893. The maximum Gasteiger partial charge on any atom is 0.410 e. The van der Waals surface area contributed by atoms with Crippen LogP contribution in [0.3, 0.4) is 0 Å². The summed E-state index contributed by atoms with van der Waals surface area (Å²) in [6, 6.07) is -0.154. The second-order valence-corrected chi connectivity index (χ2v) is 15.9. The van der Waals surface area contributed by atoms with Gasteiger partial charge in [-0.2, -0.15) is 0 Å². The monoisotopic (exact) mass is 441 g/mol. The lowest BCUT2D eigenvalue weighted by Gasteiger charge is -2.38. The molecule has 3 atom stereocenters. The average Bonchev–Trinajstić information content (AvgIpc) is 3.01. The van der Waals surface area contributed by atoms with Crippen molar-refractivity contribution in [1.29, 1.82) is 0 Å². The predicted molar refractivity (Wildman–Crippen MR) is 122 cm³/mol. The van der Waals surface area contributed by atoms with Crippen LogP contribution in [0.5, 0.6) is 0 Å². The van der Waals surface area contributed by atoms with Crippen LogP contribution in [0.4, 0.5) is 4.79 Å². The van der Waals surface area contributed by atoms with E-state index in [9.17, 15) is 4.79 Å². The minimum absolute atomic E-state index is 0.0221. The molecule has 2 aliphatic heterocycles. The van der Waals surface area contributed by atoms with E-state index in [1.807, 2.05) is 20.8 Å². The van der Waals surface area contributed by atoms with Gasteiger partial charge in [0, 0.05) is 13.2 Å². The lowest BCUT2D eigenvalue weighted by atomic mass is 10.1. The smallest absolute Gasteiger partial charge is 0.410 e. The van der Waals surface area contributed by atoms with Gasteiger partial charge in [-0.3, -0.25) is 4.90 Å². The summed E-state index contributed by atoms with van der Waals surface area (Å²) in [6.45, 7) is 22.7. The van der Waals surface area contributed by atoms with Crippen molar-refractivity contribution in [2.75, 3.05) is 19.8 Å². The van der Waals surface area contributed by atoms with E-state index < -0.39 is 13.9 Å². The second-order valence-electron chi connectivity index (χ2n) is 11.1. The molecule has 0 aliphatic carbocycles. The number of carbonyl (C=O) groups excluding carboxylic acids is 1. The molecule has 0 aromatic rings. The molecule has 0 radical (unpaired) electrons. The number of hydrogen-bond acceptors (Lipinski definition) is 5. The van der Waals surface area contributed by atoms with Crippen LogP contribution < -0.4 is 0 Å². The molecule has 2 fully saturated rings. The highest BCUT2D eigenvalue weighted by Gasteiger charge is 2.45. The van der Waals surface area contributed by atoms with Crippen molar-refractivity contribution < 1.29 is 23.4 Å². The summed E-state index contributed by atoms with van der Waals surface area (Å²) < 4.78 is 23.9. The van der Waals surface area contributed by atoms with Gasteiger partial charge in [-0.1, -0.05) is 27.4 Å². The third-order valence-electron chi connectivity index (χ3n) is 6.22. The van der Waals surface area contributed by atoms with Gasteiger partial charge in [0.25, 0.3) is 0 Å². The van der Waals surface area contributed by atoms with Crippen LogP contribution in [-0.4, -0.2) is 63.1 Å². The van der Waals surface area contributed by atoms with E-state index in [-0.39, 0.29) is 29.6 Å². The van der Waals surface area contributed by atoms with Crippen molar-refractivity contribution in [3.8, 4) is 0 Å². The predicted octanol–water partition coefficient (Wildman–Crippen LogP) is 5.49. The molecule has 0 spiro atoms. The van der Waals surface area contributed by atoms with Crippen LogP contribution in [0.2, 0.25) is 18.1 Å². The van der Waals surface area contributed by atoms with E-state index in [1.165, 1.54) is 0 Å². The van der Waals surface area contributed by atoms with Gasteiger partial charge in [0.1, 0.15) is 5.60 Å². The molecule has 30 heavy (non-hydrogen) atoms. The minimum Gasteiger partial charge on any atom is -0.444 e. The molecule has 0 bridgehead atoms. The summed E-state index contributed by atoms with van der Waals surface area (Å²) >= 11 is 0. The van der Waals surface area contributed by atoms with Crippen LogP contribution in [-0.2, 0) is 18.6 Å². The lowest BCUT2D eigenvalue weighted by Crippen LogP contribution is -2.45. The average molecular weight is 442 g/mol. The summed E-state index contributed by atoms with van der Waals surface area (Å²) in [5.74, 6) is 0. The summed E-state index contributed by atoms with van der Waals surface area (Å²) in [7, 11) is -1.95. The van der Waals surface area contributed by atoms with Crippen LogP contribution >= 0.6 is 0 Å². The molecule has 2 saturated heterocycles. The molecule has 0 N–H and O–H groups in total. The van der Waals surface area contributed by atoms with E-state index in [0.717, 1.165) is 37.9 Å². The Kier molecular flexibility index (Phi) is 8.22. The Bertz CT molecular complexity index is 602. The van der Waals surface area contributed by atoms with Crippen molar-refractivity contribution in [1.82, 2.24) is 4.90 Å². The molecule has 2 rings (SSSR count). The Labute approximate surface area is 184 Å². The maximum atomic E-state index is 12.9. The Balaban J connectivity index is 2.08. The molecule has 174 valence electrons. The largest absolute Gasteiger partial charge is 0.444 e. The van der Waals surface area contributed by atoms with E-state index in [1.54, 1.807) is 4.90 Å². The zero-order valence-corrected chi connectivity index (χ0v) is 21.4. The number of likely N-dealkylation sites (tertiary alicyclic amines) is 1. The molecule has 6 nitrogen and oxygen atoms in total. The van der Waals surface area contributed by atoms with Crippen LogP contribution in [0.15, 0.2) is 12.2 Å². The first kappa shape index (κ1) is 25.4. The highest BCUT2D eigenvalue weighted by molar-refractivity contribution is 6.74. The van der Waals surface area contributed by atoms with Gasteiger partial charge in [0.15, 0.2) is 14.6 Å². The molecule has 0 aromatic carbocycles. The van der Waals surface area contributed by atoms with Gasteiger partial charge >= 0.3 is 6.09 Å². The summed E-state index contributed by atoms with van der Waals surface area (Å²) in [5, 5.41) is 0.111. The lowest BCUT2D eigenvalue weighted by molar-refractivity contribution is -0.157. The highest BCUT2D eigenvalue weighted by Crippen LogP contribution is 2.39. The molecule has 2 heterocycles. The van der Waals surface area contributed by atoms with E-state index in [2.05, 4.69) is 40.4 Å². The van der Waals surface area contributed by atoms with Crippen LogP contribution in [0, 0.1) is 0 Å². The summed E-state index contributed by atoms with van der Waals surface area (Å²) in [5.41, 5.74) is 0.324. The molecule has 0 aromatic heterocycles. The van der Waals surface area contributed by atoms with Gasteiger partial charge in [0.2, 0.25) is 0 Å². The first-order valence-corrected chi connectivity index (χ1v) is 14.2. The van der Waals surface area contributed by atoms with Crippen molar-refractivity contribution in [2.24, 2.45) is 0 Å². The van der Waals surface area contributed by atoms with Crippen LogP contribution in [0.1, 0.15) is 67.2 Å². The normalized spacial score (nSPS) is 26.0. The third-order valence-corrected chi connectivity index (χ3v) is 10.8. The number of nitrogens with zero attached hydrogens (tertiary/aromatic N) is 1. The van der Waals surface area contributed by atoms with Gasteiger partial charge in [0.05, 0.1) is 18.8 Å². The van der Waals surface area contributed by atoms with Crippen molar-refractivity contribution >= 4 is 14.4 Å². The Morgan fingerprint density at radius 1 is 1.17 bits per heavy atom. The number of hydrogen-bond donors (Lipinski definition) is 0. The molecular formula is C23H43NO5Si. The topological polar surface area (TPSA) is 57.2 Å². The quantitative estimate of drug-likeness (QED) is 0.403. The van der Waals surface area contributed by atoms with Gasteiger partial charge in [-0.15, -0.1) is 0 Å². The number of amides is 1. The van der Waals surface area contributed by atoms with Crippen LogP contribution in [0.25, 0.3) is 0 Å². The maximum absolute atomic E-state index is 12.9. The third kappa shape index (κ3) is 7.07. The fourth-order valence-corrected chi connectivity index (χ4v) is 4.88. The highest BCUT2D eigenvalue weighted by atomic mass is 28.4. The van der Waals surface area contributed by atoms with Gasteiger partial charge in [-0.25, -0.2) is 4.79 Å². The van der Waals surface area contributed by atoms with E-state index in [4.69, 9.17) is 18.6 Å². The van der Waals surface area contributed by atoms with Crippen molar-refractivity contribution in [2.45, 2.75) is 109 Å².